The SMILES string of the molecule is C=C(C)C1(/C(C)=C/C(=O)OC)COC(C)(C)O1. The van der Waals surface area contributed by atoms with Crippen molar-refractivity contribution in [2.75, 3.05) is 13.7 Å². The van der Waals surface area contributed by atoms with Crippen LogP contribution in [0.1, 0.15) is 27.7 Å². The summed E-state index contributed by atoms with van der Waals surface area (Å²) >= 11 is 0. The van der Waals surface area contributed by atoms with E-state index in [4.69, 9.17) is 9.47 Å². The molecule has 0 radical (unpaired) electrons. The number of methoxy groups -OCH3 is 1. The van der Waals surface area contributed by atoms with Gasteiger partial charge in [0.2, 0.25) is 0 Å². The fraction of sp³-hybridized carbons (Fsp3) is 0.615. The van der Waals surface area contributed by atoms with Crippen molar-refractivity contribution >= 4 is 5.97 Å². The van der Waals surface area contributed by atoms with E-state index in [2.05, 4.69) is 11.3 Å². The van der Waals surface area contributed by atoms with Crippen molar-refractivity contribution in [1.29, 1.82) is 0 Å². The second kappa shape index (κ2) is 4.63. The van der Waals surface area contributed by atoms with Crippen LogP contribution in [0, 0.1) is 0 Å². The molecule has 0 spiro atoms. The molecule has 1 saturated heterocycles. The highest BCUT2D eigenvalue weighted by Gasteiger charge is 2.47. The molecule has 1 rings (SSSR count). The molecule has 0 aliphatic carbocycles. The zero-order valence-electron chi connectivity index (χ0n) is 11.1. The Balaban J connectivity index is 3.07. The first-order valence-electron chi connectivity index (χ1n) is 5.50. The predicted octanol–water partition coefficient (Wildman–Crippen LogP) is 2.20. The Bertz CT molecular complexity index is 368. The van der Waals surface area contributed by atoms with Gasteiger partial charge in [0.05, 0.1) is 13.7 Å². The molecule has 0 bridgehead atoms. The van der Waals surface area contributed by atoms with Gasteiger partial charge in [0.15, 0.2) is 5.79 Å². The molecule has 1 aliphatic heterocycles. The Kier molecular flexibility index (Phi) is 3.79. The van der Waals surface area contributed by atoms with Crippen molar-refractivity contribution in [1.82, 2.24) is 0 Å². The van der Waals surface area contributed by atoms with Crippen molar-refractivity contribution < 1.29 is 19.0 Å². The lowest BCUT2D eigenvalue weighted by Crippen LogP contribution is -2.37. The van der Waals surface area contributed by atoms with Gasteiger partial charge in [0.1, 0.15) is 5.60 Å². The van der Waals surface area contributed by atoms with Gasteiger partial charge in [-0.2, -0.15) is 0 Å². The molecule has 17 heavy (non-hydrogen) atoms. The van der Waals surface area contributed by atoms with E-state index in [0.29, 0.717) is 6.61 Å². The average Bonchev–Trinajstić information content (AvgIpc) is 2.55. The van der Waals surface area contributed by atoms with Crippen molar-refractivity contribution in [3.8, 4) is 0 Å². The van der Waals surface area contributed by atoms with E-state index in [1.54, 1.807) is 0 Å². The van der Waals surface area contributed by atoms with Gasteiger partial charge in [-0.15, -0.1) is 0 Å². The third-order valence-electron chi connectivity index (χ3n) is 2.90. The summed E-state index contributed by atoms with van der Waals surface area (Å²) < 4.78 is 16.1. The van der Waals surface area contributed by atoms with Crippen LogP contribution < -0.4 is 0 Å². The second-order valence-electron chi connectivity index (χ2n) is 4.75. The number of hydrogen-bond donors (Lipinski definition) is 0. The molecule has 1 aliphatic rings. The molecule has 1 atom stereocenters. The van der Waals surface area contributed by atoms with E-state index >= 15 is 0 Å². The van der Waals surface area contributed by atoms with Crippen molar-refractivity contribution in [3.05, 3.63) is 23.8 Å². The number of esters is 1. The van der Waals surface area contributed by atoms with Gasteiger partial charge in [0, 0.05) is 6.08 Å². The summed E-state index contributed by atoms with van der Waals surface area (Å²) in [6, 6.07) is 0. The summed E-state index contributed by atoms with van der Waals surface area (Å²) in [5, 5.41) is 0. The largest absolute Gasteiger partial charge is 0.466 e. The summed E-state index contributed by atoms with van der Waals surface area (Å²) in [5.41, 5.74) is 0.806. The van der Waals surface area contributed by atoms with Crippen LogP contribution in [0.15, 0.2) is 23.8 Å². The molecular weight excluding hydrogens is 220 g/mol. The van der Waals surface area contributed by atoms with Gasteiger partial charge in [-0.05, 0) is 38.8 Å². The topological polar surface area (TPSA) is 44.8 Å². The van der Waals surface area contributed by atoms with Gasteiger partial charge in [-0.3, -0.25) is 0 Å². The Morgan fingerprint density at radius 1 is 1.41 bits per heavy atom. The van der Waals surface area contributed by atoms with Crippen LogP contribution in [-0.4, -0.2) is 31.1 Å². The number of ether oxygens (including phenoxy) is 3. The first-order valence-corrected chi connectivity index (χ1v) is 5.50. The van der Waals surface area contributed by atoms with Crippen LogP contribution in [0.25, 0.3) is 0 Å². The Hall–Kier alpha value is -1.13. The van der Waals surface area contributed by atoms with Crippen LogP contribution in [0.4, 0.5) is 0 Å². The van der Waals surface area contributed by atoms with Crippen molar-refractivity contribution in [2.45, 2.75) is 39.1 Å². The summed E-state index contributed by atoms with van der Waals surface area (Å²) in [4.78, 5) is 11.3. The standard InChI is InChI=1S/C13H20O4/c1-9(2)13(8-16-12(4,5)17-13)10(3)7-11(14)15-6/h7H,1,8H2,2-6H3/b10-7+. The van der Waals surface area contributed by atoms with Gasteiger partial charge < -0.3 is 14.2 Å². The third-order valence-corrected chi connectivity index (χ3v) is 2.90. The third kappa shape index (κ3) is 2.76. The molecule has 1 heterocycles. The Morgan fingerprint density at radius 3 is 2.35 bits per heavy atom. The maximum atomic E-state index is 11.3. The zero-order valence-corrected chi connectivity index (χ0v) is 11.1. The van der Waals surface area contributed by atoms with Crippen LogP contribution >= 0.6 is 0 Å². The van der Waals surface area contributed by atoms with Crippen molar-refractivity contribution in [3.63, 3.8) is 0 Å². The van der Waals surface area contributed by atoms with Crippen LogP contribution in [-0.2, 0) is 19.0 Å². The van der Waals surface area contributed by atoms with E-state index in [9.17, 15) is 4.79 Å². The molecular formula is C13H20O4. The Labute approximate surface area is 102 Å². The van der Waals surface area contributed by atoms with E-state index < -0.39 is 17.4 Å². The van der Waals surface area contributed by atoms with E-state index in [1.807, 2.05) is 27.7 Å². The summed E-state index contributed by atoms with van der Waals surface area (Å²) in [6.07, 6.45) is 1.42. The minimum Gasteiger partial charge on any atom is -0.466 e. The van der Waals surface area contributed by atoms with Crippen LogP contribution in [0.3, 0.4) is 0 Å². The molecule has 0 aromatic heterocycles. The summed E-state index contributed by atoms with van der Waals surface area (Å²) in [6.45, 7) is 11.6. The molecule has 0 aromatic rings. The Morgan fingerprint density at radius 2 is 2.00 bits per heavy atom. The highest BCUT2D eigenvalue weighted by atomic mass is 16.8. The normalized spacial score (nSPS) is 27.9. The molecule has 0 aromatic carbocycles. The maximum absolute atomic E-state index is 11.3. The predicted molar refractivity (Wildman–Crippen MR) is 64.4 cm³/mol. The number of carbonyl (C=O) groups excluding carboxylic acids is 1. The highest BCUT2D eigenvalue weighted by molar-refractivity contribution is 5.83. The van der Waals surface area contributed by atoms with E-state index in [0.717, 1.165) is 11.1 Å². The van der Waals surface area contributed by atoms with Crippen LogP contribution in [0.5, 0.6) is 0 Å². The molecule has 0 N–H and O–H groups in total. The van der Waals surface area contributed by atoms with Gasteiger partial charge in [0.25, 0.3) is 0 Å². The fourth-order valence-electron chi connectivity index (χ4n) is 1.85. The monoisotopic (exact) mass is 240 g/mol. The molecule has 1 fully saturated rings. The number of hydrogen-bond acceptors (Lipinski definition) is 4. The lowest BCUT2D eigenvalue weighted by atomic mass is 9.88. The quantitative estimate of drug-likeness (QED) is 0.431. The van der Waals surface area contributed by atoms with Gasteiger partial charge in [-0.25, -0.2) is 4.79 Å². The number of rotatable bonds is 3. The van der Waals surface area contributed by atoms with Crippen molar-refractivity contribution in [2.24, 2.45) is 0 Å². The summed E-state index contributed by atoms with van der Waals surface area (Å²) in [5.74, 6) is -1.08. The lowest BCUT2D eigenvalue weighted by molar-refractivity contribution is -0.147. The molecule has 4 nitrogen and oxygen atoms in total. The molecule has 4 heteroatoms. The molecule has 0 saturated carbocycles. The van der Waals surface area contributed by atoms with Gasteiger partial charge >= 0.3 is 5.97 Å². The van der Waals surface area contributed by atoms with Crippen LogP contribution in [0.2, 0.25) is 0 Å². The first kappa shape index (κ1) is 13.9. The number of carbonyl (C=O) groups is 1. The van der Waals surface area contributed by atoms with E-state index in [1.165, 1.54) is 13.2 Å². The summed E-state index contributed by atoms with van der Waals surface area (Å²) in [7, 11) is 1.34. The minimum absolute atomic E-state index is 0.356. The van der Waals surface area contributed by atoms with Gasteiger partial charge in [-0.1, -0.05) is 6.58 Å². The lowest BCUT2D eigenvalue weighted by Gasteiger charge is -2.30. The minimum atomic E-state index is -0.738. The maximum Gasteiger partial charge on any atom is 0.330 e. The fourth-order valence-corrected chi connectivity index (χ4v) is 1.85. The molecule has 1 unspecified atom stereocenters. The smallest absolute Gasteiger partial charge is 0.330 e. The van der Waals surface area contributed by atoms with E-state index in [-0.39, 0.29) is 0 Å². The highest BCUT2D eigenvalue weighted by Crippen LogP contribution is 2.40. The zero-order chi connectivity index (χ0) is 13.3. The first-order chi connectivity index (χ1) is 7.73. The molecule has 96 valence electrons. The molecule has 0 amide bonds. The second-order valence-corrected chi connectivity index (χ2v) is 4.75. The average molecular weight is 240 g/mol.